The van der Waals surface area contributed by atoms with Crippen LogP contribution in [0.3, 0.4) is 0 Å². The number of ketones is 1. The number of hydrogen-bond acceptors (Lipinski definition) is 2. The second-order valence-electron chi connectivity index (χ2n) is 4.50. The van der Waals surface area contributed by atoms with Crippen LogP contribution in [0.15, 0.2) is 24.4 Å². The van der Waals surface area contributed by atoms with E-state index in [2.05, 4.69) is 10.3 Å². The van der Waals surface area contributed by atoms with Gasteiger partial charge in [0.05, 0.1) is 5.56 Å². The Labute approximate surface area is 110 Å². The van der Waals surface area contributed by atoms with Crippen LogP contribution in [0.1, 0.15) is 30.6 Å². The average molecular weight is 262 g/mol. The molecule has 2 N–H and O–H groups in total. The van der Waals surface area contributed by atoms with Gasteiger partial charge in [-0.1, -0.05) is 6.92 Å². The maximum atomic E-state index is 13.0. The normalized spacial score (nSPS) is 12.4. The molecule has 19 heavy (non-hydrogen) atoms. The molecule has 1 unspecified atom stereocenters. The molecule has 0 fully saturated rings. The quantitative estimate of drug-likeness (QED) is 0.656. The minimum Gasteiger partial charge on any atom is -0.360 e. The van der Waals surface area contributed by atoms with Crippen LogP contribution in [-0.4, -0.2) is 22.7 Å². The van der Waals surface area contributed by atoms with Crippen LogP contribution in [-0.2, 0) is 4.79 Å². The molecule has 1 heterocycles. The third-order valence-corrected chi connectivity index (χ3v) is 3.08. The summed E-state index contributed by atoms with van der Waals surface area (Å²) in [6, 6.07) is 3.99. The summed E-state index contributed by atoms with van der Waals surface area (Å²) in [5, 5.41) is 3.16. The highest BCUT2D eigenvalue weighted by Gasteiger charge is 2.20. The predicted octanol–water partition coefficient (Wildman–Crippen LogP) is 2.40. The fourth-order valence-corrected chi connectivity index (χ4v) is 1.80. The van der Waals surface area contributed by atoms with E-state index in [1.807, 2.05) is 13.8 Å². The number of benzene rings is 1. The minimum absolute atomic E-state index is 0.0564. The van der Waals surface area contributed by atoms with Gasteiger partial charge in [0.15, 0.2) is 0 Å². The fraction of sp³-hybridized carbons (Fsp3) is 0.286. The highest BCUT2D eigenvalue weighted by molar-refractivity contribution is 6.45. The molecule has 2 aromatic rings. The molecule has 1 amide bonds. The van der Waals surface area contributed by atoms with Crippen LogP contribution in [0.4, 0.5) is 4.39 Å². The largest absolute Gasteiger partial charge is 0.360 e. The van der Waals surface area contributed by atoms with Crippen molar-refractivity contribution in [2.75, 3.05) is 0 Å². The van der Waals surface area contributed by atoms with Gasteiger partial charge in [-0.15, -0.1) is 0 Å². The van der Waals surface area contributed by atoms with E-state index in [4.69, 9.17) is 0 Å². The molecule has 0 aliphatic heterocycles. The molecule has 0 bridgehead atoms. The summed E-state index contributed by atoms with van der Waals surface area (Å²) in [6.07, 6.45) is 2.18. The third kappa shape index (κ3) is 2.65. The second kappa shape index (κ2) is 5.22. The molecule has 4 nitrogen and oxygen atoms in total. The summed E-state index contributed by atoms with van der Waals surface area (Å²) in [5.41, 5.74) is 0.760. The summed E-state index contributed by atoms with van der Waals surface area (Å²) < 4.78 is 13.0. The standard InChI is InChI=1S/C14H15FN2O2/c1-3-8(2)17-14(19)13(18)11-7-16-12-6-9(15)4-5-10(11)12/h4-8,16H,3H2,1-2H3,(H,17,19). The number of carbonyl (C=O) groups excluding carboxylic acids is 2. The van der Waals surface area contributed by atoms with Gasteiger partial charge in [-0.05, 0) is 31.5 Å². The SMILES string of the molecule is CCC(C)NC(=O)C(=O)c1c[nH]c2cc(F)ccc12. The number of H-pyrrole nitrogens is 1. The van der Waals surface area contributed by atoms with E-state index >= 15 is 0 Å². The zero-order valence-corrected chi connectivity index (χ0v) is 10.8. The maximum absolute atomic E-state index is 13.0. The van der Waals surface area contributed by atoms with Crippen molar-refractivity contribution in [3.63, 3.8) is 0 Å². The molecule has 1 aromatic heterocycles. The first-order chi connectivity index (χ1) is 9.02. The van der Waals surface area contributed by atoms with E-state index in [0.29, 0.717) is 10.9 Å². The van der Waals surface area contributed by atoms with Crippen molar-refractivity contribution in [3.05, 3.63) is 35.8 Å². The number of aromatic amines is 1. The summed E-state index contributed by atoms with van der Waals surface area (Å²) in [4.78, 5) is 26.6. The molecule has 0 saturated heterocycles. The van der Waals surface area contributed by atoms with Crippen molar-refractivity contribution in [2.45, 2.75) is 26.3 Å². The Balaban J connectivity index is 2.29. The summed E-state index contributed by atoms with van der Waals surface area (Å²) >= 11 is 0. The molecule has 2 rings (SSSR count). The molecular weight excluding hydrogens is 247 g/mol. The van der Waals surface area contributed by atoms with Gasteiger partial charge in [0, 0.05) is 23.1 Å². The predicted molar refractivity (Wildman–Crippen MR) is 70.5 cm³/mol. The van der Waals surface area contributed by atoms with Crippen LogP contribution in [0, 0.1) is 5.82 Å². The molecule has 1 aromatic carbocycles. The molecule has 0 spiro atoms. The molecule has 0 aliphatic carbocycles. The van der Waals surface area contributed by atoms with Crippen LogP contribution in [0.25, 0.3) is 10.9 Å². The molecule has 0 saturated carbocycles. The lowest BCUT2D eigenvalue weighted by molar-refractivity contribution is -0.117. The lowest BCUT2D eigenvalue weighted by Crippen LogP contribution is -2.37. The number of rotatable bonds is 4. The number of Topliss-reactive ketones (excluding diaryl/α,β-unsaturated/α-hetero) is 1. The first-order valence-electron chi connectivity index (χ1n) is 6.14. The van der Waals surface area contributed by atoms with Crippen LogP contribution >= 0.6 is 0 Å². The summed E-state index contributed by atoms with van der Waals surface area (Å²) in [7, 11) is 0. The molecule has 0 aliphatic rings. The Morgan fingerprint density at radius 2 is 2.16 bits per heavy atom. The Hall–Kier alpha value is -2.17. The number of amides is 1. The van der Waals surface area contributed by atoms with Crippen molar-refractivity contribution in [3.8, 4) is 0 Å². The second-order valence-corrected chi connectivity index (χ2v) is 4.50. The van der Waals surface area contributed by atoms with Gasteiger partial charge < -0.3 is 10.3 Å². The van der Waals surface area contributed by atoms with Gasteiger partial charge in [-0.3, -0.25) is 9.59 Å². The molecule has 5 heteroatoms. The van der Waals surface area contributed by atoms with Gasteiger partial charge in [0.2, 0.25) is 0 Å². The number of nitrogens with one attached hydrogen (secondary N) is 2. The van der Waals surface area contributed by atoms with Gasteiger partial charge in [-0.25, -0.2) is 4.39 Å². The van der Waals surface area contributed by atoms with Gasteiger partial charge in [0.25, 0.3) is 11.7 Å². The first kappa shape index (κ1) is 13.3. The number of halogens is 1. The van der Waals surface area contributed by atoms with Crippen molar-refractivity contribution < 1.29 is 14.0 Å². The maximum Gasteiger partial charge on any atom is 0.292 e. The zero-order valence-electron chi connectivity index (χ0n) is 10.8. The van der Waals surface area contributed by atoms with Crippen molar-refractivity contribution in [2.24, 2.45) is 0 Å². The minimum atomic E-state index is -0.639. The highest BCUT2D eigenvalue weighted by Crippen LogP contribution is 2.19. The Bertz CT molecular complexity index is 633. The van der Waals surface area contributed by atoms with E-state index in [0.717, 1.165) is 6.42 Å². The summed E-state index contributed by atoms with van der Waals surface area (Å²) in [6.45, 7) is 3.75. The topological polar surface area (TPSA) is 62.0 Å². The van der Waals surface area contributed by atoms with E-state index in [1.165, 1.54) is 24.4 Å². The van der Waals surface area contributed by atoms with Crippen molar-refractivity contribution in [1.82, 2.24) is 10.3 Å². The third-order valence-electron chi connectivity index (χ3n) is 3.08. The smallest absolute Gasteiger partial charge is 0.292 e. The Kier molecular flexibility index (Phi) is 3.64. The van der Waals surface area contributed by atoms with Gasteiger partial charge >= 0.3 is 0 Å². The lowest BCUT2D eigenvalue weighted by Gasteiger charge is -2.09. The number of hydrogen-bond donors (Lipinski definition) is 2. The van der Waals surface area contributed by atoms with Gasteiger partial charge in [0.1, 0.15) is 5.82 Å². The first-order valence-corrected chi connectivity index (χ1v) is 6.14. The van der Waals surface area contributed by atoms with Crippen molar-refractivity contribution >= 4 is 22.6 Å². The van der Waals surface area contributed by atoms with Gasteiger partial charge in [-0.2, -0.15) is 0 Å². The van der Waals surface area contributed by atoms with Crippen molar-refractivity contribution in [1.29, 1.82) is 0 Å². The zero-order chi connectivity index (χ0) is 14.0. The molecule has 1 atom stereocenters. The van der Waals surface area contributed by atoms with E-state index in [9.17, 15) is 14.0 Å². The number of carbonyl (C=O) groups is 2. The fourth-order valence-electron chi connectivity index (χ4n) is 1.80. The monoisotopic (exact) mass is 262 g/mol. The molecule has 100 valence electrons. The van der Waals surface area contributed by atoms with Crippen LogP contribution in [0.2, 0.25) is 0 Å². The summed E-state index contributed by atoms with van der Waals surface area (Å²) in [5.74, 6) is -1.64. The van der Waals surface area contributed by atoms with Crippen LogP contribution < -0.4 is 5.32 Å². The number of fused-ring (bicyclic) bond motifs is 1. The molecular formula is C14H15FN2O2. The Morgan fingerprint density at radius 1 is 1.42 bits per heavy atom. The van der Waals surface area contributed by atoms with E-state index in [-0.39, 0.29) is 11.6 Å². The van der Waals surface area contributed by atoms with E-state index < -0.39 is 17.5 Å². The lowest BCUT2D eigenvalue weighted by atomic mass is 10.1. The molecule has 0 radical (unpaired) electrons. The van der Waals surface area contributed by atoms with E-state index in [1.54, 1.807) is 0 Å². The average Bonchev–Trinajstić information content (AvgIpc) is 2.80. The highest BCUT2D eigenvalue weighted by atomic mass is 19.1. The Morgan fingerprint density at radius 3 is 2.84 bits per heavy atom. The number of aromatic nitrogens is 1. The van der Waals surface area contributed by atoms with Crippen LogP contribution in [0.5, 0.6) is 0 Å².